The molecule has 3 aliphatic heterocycles. The number of aromatic nitrogens is 1. The lowest BCUT2D eigenvalue weighted by Crippen LogP contribution is -2.61. The number of methoxy groups -OCH3 is 1. The Morgan fingerprint density at radius 1 is 0.918 bits per heavy atom. The first kappa shape index (κ1) is 71.8. The van der Waals surface area contributed by atoms with E-state index in [1.807, 2.05) is 52.8 Å². The lowest BCUT2D eigenvalue weighted by Gasteiger charge is -2.49. The number of pyridine rings is 1. The predicted octanol–water partition coefficient (Wildman–Crippen LogP) is 3.72. The Hall–Kier alpha value is -3.93. The molecule has 5 rings (SSSR count). The minimum absolute atomic E-state index is 0.0368. The molecule has 1 unspecified atom stereocenters. The summed E-state index contributed by atoms with van der Waals surface area (Å²) in [4.78, 5) is 49.7. The first-order valence-corrected chi connectivity index (χ1v) is 31.7. The number of hydrogen-bond acceptors (Lipinski definition) is 22. The van der Waals surface area contributed by atoms with E-state index in [0.29, 0.717) is 43.6 Å². The van der Waals surface area contributed by atoms with Gasteiger partial charge in [0.05, 0.1) is 64.6 Å². The number of oxime groups is 1. The van der Waals surface area contributed by atoms with Crippen LogP contribution in [0.1, 0.15) is 131 Å². The number of cyclic esters (lactones) is 1. The number of carboxylic acid groups (broad SMARTS) is 1. The van der Waals surface area contributed by atoms with E-state index in [4.69, 9.17) is 37.4 Å². The van der Waals surface area contributed by atoms with E-state index < -0.39 is 129 Å². The van der Waals surface area contributed by atoms with Gasteiger partial charge in [0.1, 0.15) is 36.1 Å². The number of aliphatic hydroxyl groups is 4. The van der Waals surface area contributed by atoms with Crippen molar-refractivity contribution < 1.29 is 81.0 Å². The second-order valence-electron chi connectivity index (χ2n) is 24.9. The van der Waals surface area contributed by atoms with Crippen molar-refractivity contribution in [3.05, 3.63) is 45.7 Å². The van der Waals surface area contributed by atoms with Crippen molar-refractivity contribution in [3.8, 4) is 0 Å². The molecular weight excluding hydrogens is 1120 g/mol. The van der Waals surface area contributed by atoms with Gasteiger partial charge in [0.15, 0.2) is 12.6 Å². The normalized spacial score (nSPS) is 35.3. The monoisotopic (exact) mass is 1230 g/mol. The topological polar surface area (TPSA) is 299 Å². The van der Waals surface area contributed by atoms with Crippen LogP contribution in [0.3, 0.4) is 0 Å². The molecule has 3 fully saturated rings. The van der Waals surface area contributed by atoms with Gasteiger partial charge in [-0.2, -0.15) is 8.42 Å². The minimum Gasteiger partial charge on any atom is -0.477 e. The maximum atomic E-state index is 14.8. The van der Waals surface area contributed by atoms with E-state index >= 15 is 0 Å². The average Bonchev–Trinajstić information content (AvgIpc) is 1.57. The molecular formula is C60H102N6O18S. The summed E-state index contributed by atoms with van der Waals surface area (Å²) in [6, 6.07) is 4.93. The Morgan fingerprint density at radius 3 is 2.19 bits per heavy atom. The van der Waals surface area contributed by atoms with Gasteiger partial charge in [0.25, 0.3) is 10.1 Å². The van der Waals surface area contributed by atoms with Crippen molar-refractivity contribution in [1.29, 1.82) is 0 Å². The molecule has 24 nitrogen and oxygen atoms in total. The van der Waals surface area contributed by atoms with Crippen LogP contribution in [0.25, 0.3) is 10.9 Å². The molecule has 18 atom stereocenters. The van der Waals surface area contributed by atoms with Gasteiger partial charge >= 0.3 is 11.9 Å². The molecule has 0 radical (unpaired) electrons. The zero-order valence-electron chi connectivity index (χ0n) is 53.3. The molecule has 1 aromatic heterocycles. The smallest absolute Gasteiger partial charge is 0.341 e. The molecule has 85 heavy (non-hydrogen) atoms. The summed E-state index contributed by atoms with van der Waals surface area (Å²) in [5, 5.41) is 68.7. The van der Waals surface area contributed by atoms with E-state index in [0.717, 1.165) is 18.7 Å². The number of carboxylic acids is 1. The number of carbonyl (C=O) groups excluding carboxylic acids is 1. The minimum atomic E-state index is -4.23. The van der Waals surface area contributed by atoms with E-state index in [-0.39, 0.29) is 55.5 Å². The molecule has 0 amide bonds. The molecule has 6 N–H and O–H groups in total. The number of aryl methyl sites for hydroxylation is 1. The third-order valence-corrected chi connectivity index (χ3v) is 18.9. The summed E-state index contributed by atoms with van der Waals surface area (Å²) in [5.41, 5.74) is -4.46. The number of carbonyl (C=O) groups is 2. The molecule has 4 heterocycles. The summed E-state index contributed by atoms with van der Waals surface area (Å²) >= 11 is 0. The van der Waals surface area contributed by atoms with Gasteiger partial charge in [-0.25, -0.2) is 4.79 Å². The van der Waals surface area contributed by atoms with Crippen molar-refractivity contribution >= 4 is 38.7 Å². The van der Waals surface area contributed by atoms with Gasteiger partial charge < -0.3 is 78.9 Å². The molecule has 0 saturated carbocycles. The van der Waals surface area contributed by atoms with Crippen LogP contribution in [0, 0.1) is 23.7 Å². The van der Waals surface area contributed by atoms with E-state index in [1.165, 1.54) is 20.2 Å². The molecule has 486 valence electrons. The maximum Gasteiger partial charge on any atom is 0.341 e. The Bertz CT molecular complexity index is 2710. The highest BCUT2D eigenvalue weighted by Crippen LogP contribution is 2.42. The van der Waals surface area contributed by atoms with Crippen LogP contribution in [0.15, 0.2) is 34.3 Å². The summed E-state index contributed by atoms with van der Waals surface area (Å²) in [6.45, 7) is 23.7. The number of hydrogen-bond donors (Lipinski definition) is 6. The van der Waals surface area contributed by atoms with E-state index in [2.05, 4.69) is 15.4 Å². The van der Waals surface area contributed by atoms with Gasteiger partial charge in [0.2, 0.25) is 5.43 Å². The van der Waals surface area contributed by atoms with Gasteiger partial charge in [-0.3, -0.25) is 18.4 Å². The second-order valence-corrected chi connectivity index (χ2v) is 26.6. The Morgan fingerprint density at radius 2 is 1.59 bits per heavy atom. The van der Waals surface area contributed by atoms with Gasteiger partial charge in [-0.05, 0) is 125 Å². The molecule has 2 aromatic rings. The quantitative estimate of drug-likeness (QED) is 0.0378. The Labute approximate surface area is 503 Å². The fraction of sp³-hybridized carbons (Fsp3) is 0.800. The predicted molar refractivity (Wildman–Crippen MR) is 322 cm³/mol. The molecule has 0 bridgehead atoms. The van der Waals surface area contributed by atoms with Crippen LogP contribution in [-0.2, 0) is 58.8 Å². The molecule has 1 aromatic carbocycles. The lowest BCUT2D eigenvalue weighted by molar-refractivity contribution is -0.316. The van der Waals surface area contributed by atoms with Crippen LogP contribution in [-0.4, -0.2) is 231 Å². The number of aromatic carboxylic acids is 1. The molecule has 3 aliphatic rings. The highest BCUT2D eigenvalue weighted by Gasteiger charge is 2.54. The standard InChI is InChI=1S/C60H102N6O18S/c1-18-46-60(12,74)52(69)37(6)48(62-78-28-27-65(19-2)20-3)35(4)32-58(10,73)53(83-57-50(68)45(63(13)14)30-36(5)79-57)38(7)51(39(8)56(72)81-46)82-47-33-59(11,77-17)54(40(9)80-47)84-85(75,76)29-26-61-25-21-22-41-23-24-44-42(31-41)49(67)43(55(70)71)34-66(44)64(15)16/h23-24,31,34-40,45-47,50-54,57,61,68-69,73-74H,18-22,25-30,32-33H2,1-17H3,(H,70,71)/t35-,36-,37-,38+,39-,40+,45+,46+,47+,50-,51+,52+,53+,54+,57-,58-,59-,60?/m1/s1. The number of benzene rings is 1. The van der Waals surface area contributed by atoms with Gasteiger partial charge in [-0.15, -0.1) is 0 Å². The Balaban J connectivity index is 1.41. The van der Waals surface area contributed by atoms with Crippen LogP contribution in [0.4, 0.5) is 0 Å². The number of ether oxygens (including phenoxy) is 6. The first-order chi connectivity index (χ1) is 39.7. The highest BCUT2D eigenvalue weighted by atomic mass is 32.2. The van der Waals surface area contributed by atoms with Crippen molar-refractivity contribution in [2.24, 2.45) is 28.8 Å². The zero-order chi connectivity index (χ0) is 63.7. The van der Waals surface area contributed by atoms with Crippen molar-refractivity contribution in [2.75, 3.05) is 85.4 Å². The number of fused-ring (bicyclic) bond motifs is 1. The zero-order valence-corrected chi connectivity index (χ0v) is 54.2. The largest absolute Gasteiger partial charge is 0.477 e. The lowest BCUT2D eigenvalue weighted by atomic mass is 9.73. The van der Waals surface area contributed by atoms with Crippen LogP contribution >= 0.6 is 0 Å². The molecule has 3 saturated heterocycles. The van der Waals surface area contributed by atoms with E-state index in [1.54, 1.807) is 84.4 Å². The third kappa shape index (κ3) is 17.7. The second kappa shape index (κ2) is 30.5. The summed E-state index contributed by atoms with van der Waals surface area (Å²) in [7, 11) is 4.36. The molecule has 25 heteroatoms. The number of likely N-dealkylation sites (N-methyl/N-ethyl adjacent to an activating group) is 2. The number of aliphatic hydroxyl groups excluding tert-OH is 2. The van der Waals surface area contributed by atoms with Gasteiger partial charge in [-0.1, -0.05) is 52.8 Å². The van der Waals surface area contributed by atoms with Crippen molar-refractivity contribution in [3.63, 3.8) is 0 Å². The first-order valence-electron chi connectivity index (χ1n) is 30.2. The molecule has 0 spiro atoms. The van der Waals surface area contributed by atoms with Crippen LogP contribution in [0.2, 0.25) is 0 Å². The Kier molecular flexibility index (Phi) is 25.8. The summed E-state index contributed by atoms with van der Waals surface area (Å²) < 4.78 is 73.9. The SMILES string of the molecule is CC[C@@H]1OC(=O)[C@H](C)[C@@H](O[C@H]2C[C@@](C)(OC)[C@@H](OS(=O)(=O)CCNCCCc3ccc4c(c3)c(=O)c(C(=O)O)cn4N(C)C)[C@H](C)O2)[C@H](C)[C@H](O[C@H]2O[C@H](C)C[C@H](N(C)C)[C@H]2O)[C@](C)(O)C[C@@H](C)C(=NOCCN(CC)CC)[C@@H](C)[C@H](O)C1(C)O. The fourth-order valence-corrected chi connectivity index (χ4v) is 13.7. The fourth-order valence-electron chi connectivity index (χ4n) is 12.5. The van der Waals surface area contributed by atoms with Crippen molar-refractivity contribution in [2.45, 2.75) is 206 Å². The average molecular weight is 1230 g/mol. The van der Waals surface area contributed by atoms with Crippen LogP contribution < -0.4 is 15.8 Å². The highest BCUT2D eigenvalue weighted by molar-refractivity contribution is 7.86. The summed E-state index contributed by atoms with van der Waals surface area (Å²) in [5.74, 6) is -6.20. The van der Waals surface area contributed by atoms with E-state index in [9.17, 15) is 48.3 Å². The number of nitrogens with zero attached hydrogens (tertiary/aromatic N) is 5. The number of nitrogens with one attached hydrogen (secondary N) is 1. The van der Waals surface area contributed by atoms with Crippen LogP contribution in [0.5, 0.6) is 0 Å². The van der Waals surface area contributed by atoms with Crippen molar-refractivity contribution in [1.82, 2.24) is 19.8 Å². The third-order valence-electron chi connectivity index (χ3n) is 17.7. The number of esters is 1. The summed E-state index contributed by atoms with van der Waals surface area (Å²) in [6.07, 6.45) is -8.65. The number of rotatable bonds is 24. The van der Waals surface area contributed by atoms with Gasteiger partial charge in [0, 0.05) is 76.1 Å². The molecule has 0 aliphatic carbocycles. The maximum absolute atomic E-state index is 14.8.